The summed E-state index contributed by atoms with van der Waals surface area (Å²) >= 11 is 0. The van der Waals surface area contributed by atoms with E-state index >= 15 is 0 Å². The average Bonchev–Trinajstić information content (AvgIpc) is 2.18. The molecule has 0 spiro atoms. The standard InChI is InChI=1S/C10H12FNO2/c11-6-8-4-2-1-3-7(8)5-9(12)10(13)14/h1-4,9H,5-6,12H2,(H,13,14)/t9-/m0/s1/i11-1. The lowest BCUT2D eigenvalue weighted by Crippen LogP contribution is -2.32. The molecule has 3 nitrogen and oxygen atoms in total. The predicted molar refractivity (Wildman–Crippen MR) is 50.6 cm³/mol. The van der Waals surface area contributed by atoms with Crippen LogP contribution in [0.15, 0.2) is 24.3 Å². The van der Waals surface area contributed by atoms with E-state index in [4.69, 9.17) is 10.8 Å². The molecule has 1 aromatic rings. The first-order valence-corrected chi connectivity index (χ1v) is 4.26. The smallest absolute Gasteiger partial charge is 0.320 e. The Morgan fingerprint density at radius 2 is 2.00 bits per heavy atom. The van der Waals surface area contributed by atoms with Crippen LogP contribution in [-0.4, -0.2) is 17.1 Å². The van der Waals surface area contributed by atoms with Gasteiger partial charge in [-0.05, 0) is 17.5 Å². The number of hydrogen-bond acceptors (Lipinski definition) is 2. The fraction of sp³-hybridized carbons (Fsp3) is 0.300. The van der Waals surface area contributed by atoms with Crippen molar-refractivity contribution < 1.29 is 14.3 Å². The molecule has 0 aromatic heterocycles. The summed E-state index contributed by atoms with van der Waals surface area (Å²) in [5.74, 6) is -1.07. The van der Waals surface area contributed by atoms with E-state index in [9.17, 15) is 9.18 Å². The van der Waals surface area contributed by atoms with Gasteiger partial charge in [0, 0.05) is 0 Å². The van der Waals surface area contributed by atoms with Gasteiger partial charge < -0.3 is 10.8 Å². The second-order valence-corrected chi connectivity index (χ2v) is 3.05. The third kappa shape index (κ3) is 2.53. The number of alkyl halides is 1. The zero-order valence-corrected chi connectivity index (χ0v) is 7.61. The van der Waals surface area contributed by atoms with Crippen LogP contribution in [0.2, 0.25) is 0 Å². The van der Waals surface area contributed by atoms with E-state index in [0.717, 1.165) is 0 Å². The molecule has 0 fully saturated rings. The van der Waals surface area contributed by atoms with Crippen molar-refractivity contribution in [1.82, 2.24) is 0 Å². The SMILES string of the molecule is N[C@@H](Cc1ccccc1C[18F])C(=O)O. The first-order valence-electron chi connectivity index (χ1n) is 4.26. The molecule has 1 atom stereocenters. The van der Waals surface area contributed by atoms with Crippen molar-refractivity contribution in [2.45, 2.75) is 19.1 Å². The van der Waals surface area contributed by atoms with Crippen LogP contribution in [0.1, 0.15) is 11.1 Å². The summed E-state index contributed by atoms with van der Waals surface area (Å²) in [7, 11) is 0. The third-order valence-corrected chi connectivity index (χ3v) is 2.02. The maximum atomic E-state index is 12.4. The van der Waals surface area contributed by atoms with Gasteiger partial charge in [-0.1, -0.05) is 24.3 Å². The minimum absolute atomic E-state index is 0.162. The quantitative estimate of drug-likeness (QED) is 0.758. The van der Waals surface area contributed by atoms with E-state index in [2.05, 4.69) is 0 Å². The van der Waals surface area contributed by atoms with Crippen LogP contribution in [0, 0.1) is 0 Å². The summed E-state index contributed by atoms with van der Waals surface area (Å²) in [6, 6.07) is 5.80. The van der Waals surface area contributed by atoms with E-state index in [1.807, 2.05) is 0 Å². The average molecular weight is 196 g/mol. The maximum Gasteiger partial charge on any atom is 0.320 e. The van der Waals surface area contributed by atoms with Crippen LogP contribution < -0.4 is 5.73 Å². The Labute approximate surface area is 81.4 Å². The highest BCUT2D eigenvalue weighted by atomic mass is 18.2. The van der Waals surface area contributed by atoms with Gasteiger partial charge in [0.1, 0.15) is 12.7 Å². The van der Waals surface area contributed by atoms with Crippen molar-refractivity contribution in [1.29, 1.82) is 0 Å². The largest absolute Gasteiger partial charge is 0.480 e. The number of benzene rings is 1. The van der Waals surface area contributed by atoms with E-state index in [0.29, 0.717) is 11.1 Å². The molecule has 1 aromatic carbocycles. The highest BCUT2D eigenvalue weighted by molar-refractivity contribution is 5.73. The molecule has 0 amide bonds. The van der Waals surface area contributed by atoms with Crippen molar-refractivity contribution in [3.8, 4) is 0 Å². The first-order chi connectivity index (χ1) is 6.65. The molecule has 0 heterocycles. The molecule has 1 rings (SSSR count). The molecular weight excluding hydrogens is 184 g/mol. The van der Waals surface area contributed by atoms with Gasteiger partial charge in [-0.3, -0.25) is 4.79 Å². The Hall–Kier alpha value is -1.42. The van der Waals surface area contributed by atoms with E-state index < -0.39 is 18.7 Å². The highest BCUT2D eigenvalue weighted by Gasteiger charge is 2.13. The van der Waals surface area contributed by atoms with Gasteiger partial charge in [-0.15, -0.1) is 0 Å². The molecule has 0 saturated carbocycles. The van der Waals surface area contributed by atoms with Crippen molar-refractivity contribution in [2.75, 3.05) is 0 Å². The zero-order chi connectivity index (χ0) is 10.6. The second-order valence-electron chi connectivity index (χ2n) is 3.05. The zero-order valence-electron chi connectivity index (χ0n) is 7.61. The van der Waals surface area contributed by atoms with Crippen LogP contribution in [0.5, 0.6) is 0 Å². The molecule has 76 valence electrons. The summed E-state index contributed by atoms with van der Waals surface area (Å²) in [5.41, 5.74) is 6.51. The number of aliphatic carboxylic acids is 1. The third-order valence-electron chi connectivity index (χ3n) is 2.02. The fourth-order valence-corrected chi connectivity index (χ4v) is 1.21. The lowest BCUT2D eigenvalue weighted by Gasteiger charge is -2.09. The predicted octanol–water partition coefficient (Wildman–Crippen LogP) is 1.11. The van der Waals surface area contributed by atoms with Crippen LogP contribution in [0.3, 0.4) is 0 Å². The van der Waals surface area contributed by atoms with Crippen molar-refractivity contribution >= 4 is 5.97 Å². The van der Waals surface area contributed by atoms with Gasteiger partial charge in [-0.2, -0.15) is 0 Å². The number of carboxylic acid groups (broad SMARTS) is 1. The van der Waals surface area contributed by atoms with Gasteiger partial charge >= 0.3 is 5.97 Å². The Morgan fingerprint density at radius 3 is 2.50 bits per heavy atom. The molecule has 0 radical (unpaired) electrons. The fourth-order valence-electron chi connectivity index (χ4n) is 1.21. The molecule has 0 aliphatic rings. The summed E-state index contributed by atoms with van der Waals surface area (Å²) in [5, 5.41) is 8.59. The first kappa shape index (κ1) is 10.7. The Kier molecular flexibility index (Phi) is 3.59. The minimum Gasteiger partial charge on any atom is -0.480 e. The number of carbonyl (C=O) groups is 1. The molecule has 0 aliphatic carbocycles. The second kappa shape index (κ2) is 4.72. The maximum absolute atomic E-state index is 12.4. The molecule has 14 heavy (non-hydrogen) atoms. The van der Waals surface area contributed by atoms with Gasteiger partial charge in [0.2, 0.25) is 0 Å². The van der Waals surface area contributed by atoms with Crippen LogP contribution >= 0.6 is 0 Å². The van der Waals surface area contributed by atoms with Gasteiger partial charge in [0.25, 0.3) is 0 Å². The number of hydrogen-bond donors (Lipinski definition) is 2. The summed E-state index contributed by atoms with van der Waals surface area (Å²) in [6.07, 6.45) is 0.162. The van der Waals surface area contributed by atoms with Crippen molar-refractivity contribution in [2.24, 2.45) is 5.73 Å². The van der Waals surface area contributed by atoms with Crippen LogP contribution in [0.4, 0.5) is 4.39 Å². The number of nitrogens with two attached hydrogens (primary N) is 1. The van der Waals surface area contributed by atoms with E-state index in [-0.39, 0.29) is 6.42 Å². The highest BCUT2D eigenvalue weighted by Crippen LogP contribution is 2.11. The summed E-state index contributed by atoms with van der Waals surface area (Å²) < 4.78 is 12.4. The van der Waals surface area contributed by atoms with E-state index in [1.54, 1.807) is 24.3 Å². The normalized spacial score (nSPS) is 12.4. The molecule has 0 aliphatic heterocycles. The molecule has 0 unspecified atom stereocenters. The number of halogens is 1. The topological polar surface area (TPSA) is 63.3 Å². The molecule has 0 bridgehead atoms. The lowest BCUT2D eigenvalue weighted by molar-refractivity contribution is -0.138. The van der Waals surface area contributed by atoms with Gasteiger partial charge in [-0.25, -0.2) is 4.39 Å². The monoisotopic (exact) mass is 196 g/mol. The summed E-state index contributed by atoms with van der Waals surface area (Å²) in [4.78, 5) is 10.5. The molecular formula is C10H12FNO2. The van der Waals surface area contributed by atoms with E-state index in [1.165, 1.54) is 0 Å². The number of rotatable bonds is 4. The van der Waals surface area contributed by atoms with Crippen LogP contribution in [0.25, 0.3) is 0 Å². The Bertz CT molecular complexity index is 328. The van der Waals surface area contributed by atoms with Crippen molar-refractivity contribution in [3.05, 3.63) is 35.4 Å². The van der Waals surface area contributed by atoms with Crippen LogP contribution in [-0.2, 0) is 17.9 Å². The molecule has 4 heteroatoms. The van der Waals surface area contributed by atoms with Crippen molar-refractivity contribution in [3.63, 3.8) is 0 Å². The van der Waals surface area contributed by atoms with Gasteiger partial charge in [0.15, 0.2) is 0 Å². The van der Waals surface area contributed by atoms with Gasteiger partial charge in [0.05, 0.1) is 0 Å². The summed E-state index contributed by atoms with van der Waals surface area (Å²) in [6.45, 7) is -0.595. The molecule has 0 saturated heterocycles. The Morgan fingerprint density at radius 1 is 1.43 bits per heavy atom. The Balaban J connectivity index is 2.80. The lowest BCUT2D eigenvalue weighted by atomic mass is 10.0. The minimum atomic E-state index is -1.07. The molecule has 3 N–H and O–H groups in total. The number of carboxylic acids is 1.